The monoisotopic (exact) mass is 314 g/mol. The summed E-state index contributed by atoms with van der Waals surface area (Å²) in [5, 5.41) is 6.95. The number of hydrogen-bond acceptors (Lipinski definition) is 5. The van der Waals surface area contributed by atoms with Crippen LogP contribution in [-0.2, 0) is 24.9 Å². The summed E-state index contributed by atoms with van der Waals surface area (Å²) in [4.78, 5) is 42.8. The molecule has 0 aliphatic carbocycles. The van der Waals surface area contributed by atoms with Gasteiger partial charge in [0.2, 0.25) is 5.91 Å². The molecular formula is C14H14N6O3. The lowest BCUT2D eigenvalue weighted by molar-refractivity contribution is -0.122. The van der Waals surface area contributed by atoms with Crippen molar-refractivity contribution >= 4 is 16.8 Å². The average molecular weight is 314 g/mol. The van der Waals surface area contributed by atoms with Gasteiger partial charge in [0.05, 0.1) is 17.4 Å². The predicted molar refractivity (Wildman–Crippen MR) is 81.7 cm³/mol. The summed E-state index contributed by atoms with van der Waals surface area (Å²) in [6.45, 7) is -0.244. The lowest BCUT2D eigenvalue weighted by Gasteiger charge is -2.06. The second-order valence-corrected chi connectivity index (χ2v) is 4.98. The normalized spacial score (nSPS) is 10.8. The van der Waals surface area contributed by atoms with Crippen molar-refractivity contribution in [1.82, 2.24) is 29.6 Å². The predicted octanol–water partition coefficient (Wildman–Crippen LogP) is -0.865. The van der Waals surface area contributed by atoms with Gasteiger partial charge in [0.25, 0.3) is 5.56 Å². The van der Waals surface area contributed by atoms with Crippen LogP contribution in [-0.4, -0.2) is 30.2 Å². The van der Waals surface area contributed by atoms with Crippen LogP contribution in [0.25, 0.3) is 10.9 Å². The van der Waals surface area contributed by atoms with Gasteiger partial charge >= 0.3 is 5.69 Å². The Kier molecular flexibility index (Phi) is 3.75. The third-order valence-corrected chi connectivity index (χ3v) is 3.28. The summed E-state index contributed by atoms with van der Waals surface area (Å²) in [5.41, 5.74) is -0.688. The summed E-state index contributed by atoms with van der Waals surface area (Å²) in [7, 11) is 1.71. The number of H-pyrrole nitrogens is 1. The van der Waals surface area contributed by atoms with Crippen LogP contribution < -0.4 is 16.6 Å². The van der Waals surface area contributed by atoms with Crippen LogP contribution in [0, 0.1) is 0 Å². The number of aromatic amines is 1. The van der Waals surface area contributed by atoms with E-state index in [0.717, 1.165) is 4.57 Å². The number of aryl methyl sites for hydroxylation is 1. The minimum absolute atomic E-state index is 0.125. The third-order valence-electron chi connectivity index (χ3n) is 3.28. The summed E-state index contributed by atoms with van der Waals surface area (Å²) in [6, 6.07) is 6.64. The number of nitrogens with one attached hydrogen (secondary N) is 2. The summed E-state index contributed by atoms with van der Waals surface area (Å²) < 4.78 is 2.38. The summed E-state index contributed by atoms with van der Waals surface area (Å²) in [6.07, 6.45) is 1.51. The van der Waals surface area contributed by atoms with Crippen LogP contribution in [0.4, 0.5) is 0 Å². The molecule has 0 aliphatic heterocycles. The van der Waals surface area contributed by atoms with Gasteiger partial charge in [-0.1, -0.05) is 12.1 Å². The Bertz CT molecular complexity index is 984. The van der Waals surface area contributed by atoms with Gasteiger partial charge in [-0.05, 0) is 12.1 Å². The van der Waals surface area contributed by atoms with E-state index >= 15 is 0 Å². The first-order chi connectivity index (χ1) is 11.0. The van der Waals surface area contributed by atoms with Crippen molar-refractivity contribution in [3.05, 3.63) is 57.3 Å². The quantitative estimate of drug-likeness (QED) is 0.650. The molecule has 3 rings (SSSR count). The molecule has 9 heteroatoms. The number of amides is 1. The molecule has 0 aliphatic rings. The van der Waals surface area contributed by atoms with Gasteiger partial charge in [0, 0.05) is 7.05 Å². The molecule has 1 amide bonds. The number of carbonyl (C=O) groups excluding carboxylic acids is 1. The number of hydrogen-bond donors (Lipinski definition) is 2. The van der Waals surface area contributed by atoms with E-state index in [0.29, 0.717) is 16.7 Å². The topological polar surface area (TPSA) is 115 Å². The maximum absolute atomic E-state index is 12.3. The highest BCUT2D eigenvalue weighted by molar-refractivity contribution is 5.78. The van der Waals surface area contributed by atoms with Crippen molar-refractivity contribution in [1.29, 1.82) is 0 Å². The molecule has 118 valence electrons. The minimum atomic E-state index is -0.625. The Morgan fingerprint density at radius 3 is 2.83 bits per heavy atom. The number of para-hydroxylation sites is 1. The molecule has 2 heterocycles. The molecule has 0 spiro atoms. The number of nitrogens with zero attached hydrogens (tertiary/aromatic N) is 4. The lowest BCUT2D eigenvalue weighted by atomic mass is 10.2. The van der Waals surface area contributed by atoms with Crippen molar-refractivity contribution in [3.63, 3.8) is 0 Å². The smallest absolute Gasteiger partial charge is 0.329 e. The molecule has 2 aromatic heterocycles. The minimum Gasteiger partial charge on any atom is -0.347 e. The van der Waals surface area contributed by atoms with Gasteiger partial charge in [-0.15, -0.1) is 0 Å². The van der Waals surface area contributed by atoms with Crippen LogP contribution in [0.1, 0.15) is 5.82 Å². The molecular weight excluding hydrogens is 300 g/mol. The SMILES string of the molecule is Cn1cnc(CNC(=O)Cn2c(=O)[nH]c3ccccc3c2=O)n1. The van der Waals surface area contributed by atoms with Crippen molar-refractivity contribution in [2.45, 2.75) is 13.1 Å². The summed E-state index contributed by atoms with van der Waals surface area (Å²) >= 11 is 0. The Morgan fingerprint density at radius 1 is 1.30 bits per heavy atom. The van der Waals surface area contributed by atoms with E-state index in [-0.39, 0.29) is 13.1 Å². The Labute approximate surface area is 129 Å². The zero-order chi connectivity index (χ0) is 16.4. The summed E-state index contributed by atoms with van der Waals surface area (Å²) in [5.74, 6) is -0.0269. The molecule has 0 radical (unpaired) electrons. The van der Waals surface area contributed by atoms with Crippen LogP contribution in [0.3, 0.4) is 0 Å². The third kappa shape index (κ3) is 3.03. The standard InChI is InChI=1S/C14H14N6O3/c1-19-8-16-11(18-19)6-15-12(21)7-20-13(22)9-4-2-3-5-10(9)17-14(20)23/h2-5,8H,6-7H2,1H3,(H,15,21)(H,17,23). The molecule has 0 saturated heterocycles. The van der Waals surface area contributed by atoms with E-state index in [1.165, 1.54) is 11.0 Å². The maximum Gasteiger partial charge on any atom is 0.329 e. The first kappa shape index (κ1) is 14.7. The molecule has 0 saturated carbocycles. The van der Waals surface area contributed by atoms with Crippen LogP contribution >= 0.6 is 0 Å². The van der Waals surface area contributed by atoms with Gasteiger partial charge in [-0.25, -0.2) is 9.78 Å². The second-order valence-electron chi connectivity index (χ2n) is 4.98. The Hall–Kier alpha value is -3.23. The highest BCUT2D eigenvalue weighted by Gasteiger charge is 2.11. The fourth-order valence-electron chi connectivity index (χ4n) is 2.18. The van der Waals surface area contributed by atoms with Crippen LogP contribution in [0.15, 0.2) is 40.2 Å². The first-order valence-corrected chi connectivity index (χ1v) is 6.87. The van der Waals surface area contributed by atoms with E-state index in [4.69, 9.17) is 0 Å². The Morgan fingerprint density at radius 2 is 2.09 bits per heavy atom. The zero-order valence-corrected chi connectivity index (χ0v) is 12.3. The Balaban J connectivity index is 1.79. The van der Waals surface area contributed by atoms with Gasteiger partial charge in [0.1, 0.15) is 12.9 Å². The molecule has 2 N–H and O–H groups in total. The second kappa shape index (κ2) is 5.87. The lowest BCUT2D eigenvalue weighted by Crippen LogP contribution is -2.40. The molecule has 1 aromatic carbocycles. The first-order valence-electron chi connectivity index (χ1n) is 6.87. The van der Waals surface area contributed by atoms with Gasteiger partial charge in [0.15, 0.2) is 5.82 Å². The van der Waals surface area contributed by atoms with Gasteiger partial charge in [-0.3, -0.25) is 18.8 Å². The molecule has 9 nitrogen and oxygen atoms in total. The van der Waals surface area contributed by atoms with Crippen LogP contribution in [0.5, 0.6) is 0 Å². The van der Waals surface area contributed by atoms with Crippen molar-refractivity contribution < 1.29 is 4.79 Å². The molecule has 23 heavy (non-hydrogen) atoms. The molecule has 0 fully saturated rings. The fraction of sp³-hybridized carbons (Fsp3) is 0.214. The van der Waals surface area contributed by atoms with E-state index in [9.17, 15) is 14.4 Å². The fourth-order valence-corrected chi connectivity index (χ4v) is 2.18. The number of benzene rings is 1. The van der Waals surface area contributed by atoms with E-state index in [1.54, 1.807) is 31.3 Å². The molecule has 3 aromatic rings. The molecule has 0 bridgehead atoms. The van der Waals surface area contributed by atoms with Gasteiger partial charge in [-0.2, -0.15) is 5.10 Å². The van der Waals surface area contributed by atoms with E-state index in [1.807, 2.05) is 0 Å². The van der Waals surface area contributed by atoms with Crippen LogP contribution in [0.2, 0.25) is 0 Å². The van der Waals surface area contributed by atoms with Crippen molar-refractivity contribution in [3.8, 4) is 0 Å². The van der Waals surface area contributed by atoms with E-state index in [2.05, 4.69) is 20.4 Å². The van der Waals surface area contributed by atoms with Gasteiger partial charge < -0.3 is 10.3 Å². The van der Waals surface area contributed by atoms with Crippen molar-refractivity contribution in [2.75, 3.05) is 0 Å². The molecule has 0 unspecified atom stereocenters. The molecule has 0 atom stereocenters. The number of carbonyl (C=O) groups is 1. The number of fused-ring (bicyclic) bond motifs is 1. The average Bonchev–Trinajstić information content (AvgIpc) is 2.95. The van der Waals surface area contributed by atoms with Crippen molar-refractivity contribution in [2.24, 2.45) is 7.05 Å². The maximum atomic E-state index is 12.3. The zero-order valence-electron chi connectivity index (χ0n) is 12.3. The highest BCUT2D eigenvalue weighted by atomic mass is 16.2. The largest absolute Gasteiger partial charge is 0.347 e. The highest BCUT2D eigenvalue weighted by Crippen LogP contribution is 2.02. The van der Waals surface area contributed by atoms with E-state index < -0.39 is 17.2 Å². The number of rotatable bonds is 4. The number of aromatic nitrogens is 5.